The molecule has 1 aliphatic rings. The lowest BCUT2D eigenvalue weighted by atomic mass is 9.90. The Kier molecular flexibility index (Phi) is 6.54. The van der Waals surface area contributed by atoms with Crippen molar-refractivity contribution in [2.75, 3.05) is 13.2 Å². The van der Waals surface area contributed by atoms with Gasteiger partial charge in [-0.05, 0) is 54.8 Å². The van der Waals surface area contributed by atoms with Crippen LogP contribution in [0.5, 0.6) is 11.5 Å². The summed E-state index contributed by atoms with van der Waals surface area (Å²) in [5.41, 5.74) is 2.22. The monoisotopic (exact) mass is 396 g/mol. The molecule has 0 bridgehead atoms. The van der Waals surface area contributed by atoms with Crippen LogP contribution in [0.2, 0.25) is 0 Å². The smallest absolute Gasteiger partial charge is 0.330 e. The number of rotatable bonds is 7. The Hall–Kier alpha value is -3.28. The van der Waals surface area contributed by atoms with Crippen molar-refractivity contribution in [3.05, 3.63) is 65.2 Å². The van der Waals surface area contributed by atoms with Crippen molar-refractivity contribution in [3.63, 3.8) is 0 Å². The molecule has 1 heterocycles. The van der Waals surface area contributed by atoms with Gasteiger partial charge >= 0.3 is 11.9 Å². The number of hydrogen-bond donors (Lipinski definition) is 1. The highest BCUT2D eigenvalue weighted by Crippen LogP contribution is 2.47. The molecule has 0 amide bonds. The van der Waals surface area contributed by atoms with Crippen LogP contribution in [-0.2, 0) is 19.1 Å². The summed E-state index contributed by atoms with van der Waals surface area (Å²) in [7, 11) is 0. The van der Waals surface area contributed by atoms with E-state index in [0.717, 1.165) is 17.5 Å². The van der Waals surface area contributed by atoms with Crippen molar-refractivity contribution < 1.29 is 28.9 Å². The Morgan fingerprint density at radius 3 is 2.55 bits per heavy atom. The van der Waals surface area contributed by atoms with Crippen molar-refractivity contribution in [3.8, 4) is 11.5 Å². The van der Waals surface area contributed by atoms with E-state index >= 15 is 0 Å². The summed E-state index contributed by atoms with van der Waals surface area (Å²) in [4.78, 5) is 24.4. The molecule has 2 aromatic rings. The highest BCUT2D eigenvalue weighted by molar-refractivity contribution is 5.87. The SMILES string of the molecule is CCCOC(=O)[C@H]1c2cc(/C=C/C(=O)OCC)ccc2O[C@@H]1c1ccc(O)cc1. The van der Waals surface area contributed by atoms with Crippen molar-refractivity contribution in [1.29, 1.82) is 0 Å². The molecule has 3 rings (SSSR count). The predicted molar refractivity (Wildman–Crippen MR) is 108 cm³/mol. The Bertz CT molecular complexity index is 900. The van der Waals surface area contributed by atoms with Crippen LogP contribution in [0.3, 0.4) is 0 Å². The molecule has 0 unspecified atom stereocenters. The minimum Gasteiger partial charge on any atom is -0.508 e. The largest absolute Gasteiger partial charge is 0.508 e. The van der Waals surface area contributed by atoms with Gasteiger partial charge in [-0.15, -0.1) is 0 Å². The zero-order valence-corrected chi connectivity index (χ0v) is 16.5. The van der Waals surface area contributed by atoms with E-state index in [-0.39, 0.29) is 11.7 Å². The van der Waals surface area contributed by atoms with Crippen LogP contribution in [0.15, 0.2) is 48.5 Å². The molecule has 6 nitrogen and oxygen atoms in total. The van der Waals surface area contributed by atoms with Crippen molar-refractivity contribution in [2.45, 2.75) is 32.3 Å². The molecule has 0 saturated carbocycles. The first-order valence-corrected chi connectivity index (χ1v) is 9.64. The molecule has 2 aromatic carbocycles. The summed E-state index contributed by atoms with van der Waals surface area (Å²) in [5.74, 6) is -0.701. The Morgan fingerprint density at radius 2 is 1.86 bits per heavy atom. The molecule has 152 valence electrons. The third kappa shape index (κ3) is 4.77. The molecule has 0 fully saturated rings. The first kappa shape index (κ1) is 20.5. The average Bonchev–Trinajstić information content (AvgIpc) is 3.10. The molecule has 29 heavy (non-hydrogen) atoms. The molecular formula is C23H24O6. The van der Waals surface area contributed by atoms with Gasteiger partial charge in [0.2, 0.25) is 0 Å². The molecular weight excluding hydrogens is 372 g/mol. The number of benzene rings is 2. The second-order valence-corrected chi connectivity index (χ2v) is 6.66. The Morgan fingerprint density at radius 1 is 1.10 bits per heavy atom. The highest BCUT2D eigenvalue weighted by atomic mass is 16.5. The normalized spacial score (nSPS) is 17.6. The van der Waals surface area contributed by atoms with E-state index in [4.69, 9.17) is 14.2 Å². The van der Waals surface area contributed by atoms with Gasteiger partial charge < -0.3 is 19.3 Å². The third-order valence-corrected chi connectivity index (χ3v) is 4.55. The number of ether oxygens (including phenoxy) is 3. The van der Waals surface area contributed by atoms with E-state index in [1.165, 1.54) is 6.08 Å². The van der Waals surface area contributed by atoms with Crippen LogP contribution in [0.4, 0.5) is 0 Å². The van der Waals surface area contributed by atoms with Gasteiger partial charge in [-0.1, -0.05) is 25.1 Å². The number of phenolic OH excluding ortho intramolecular Hbond substituents is 1. The van der Waals surface area contributed by atoms with Crippen molar-refractivity contribution in [1.82, 2.24) is 0 Å². The number of phenols is 1. The summed E-state index contributed by atoms with van der Waals surface area (Å²) < 4.78 is 16.4. The van der Waals surface area contributed by atoms with E-state index in [1.807, 2.05) is 19.1 Å². The maximum absolute atomic E-state index is 12.8. The van der Waals surface area contributed by atoms with Crippen molar-refractivity contribution >= 4 is 18.0 Å². The minimum absolute atomic E-state index is 0.140. The highest BCUT2D eigenvalue weighted by Gasteiger charge is 2.41. The van der Waals surface area contributed by atoms with Crippen LogP contribution in [-0.4, -0.2) is 30.3 Å². The maximum atomic E-state index is 12.8. The number of fused-ring (bicyclic) bond motifs is 1. The van der Waals surface area contributed by atoms with E-state index < -0.39 is 18.0 Å². The topological polar surface area (TPSA) is 82.1 Å². The molecule has 0 spiro atoms. The fraction of sp³-hybridized carbons (Fsp3) is 0.304. The zero-order chi connectivity index (χ0) is 20.8. The molecule has 0 aliphatic carbocycles. The predicted octanol–water partition coefficient (Wildman–Crippen LogP) is 4.14. The van der Waals surface area contributed by atoms with Gasteiger partial charge in [-0.2, -0.15) is 0 Å². The second kappa shape index (κ2) is 9.28. The number of aromatic hydroxyl groups is 1. The maximum Gasteiger partial charge on any atom is 0.330 e. The van der Waals surface area contributed by atoms with Gasteiger partial charge in [0.1, 0.15) is 23.5 Å². The minimum atomic E-state index is -0.642. The summed E-state index contributed by atoms with van der Waals surface area (Å²) in [6.45, 7) is 4.31. The molecule has 1 N–H and O–H groups in total. The Labute approximate surface area is 169 Å². The van der Waals surface area contributed by atoms with Crippen molar-refractivity contribution in [2.24, 2.45) is 0 Å². The van der Waals surface area contributed by atoms with Gasteiger partial charge in [0, 0.05) is 11.6 Å². The van der Waals surface area contributed by atoms with Gasteiger partial charge in [0.25, 0.3) is 0 Å². The van der Waals surface area contributed by atoms with E-state index in [1.54, 1.807) is 43.3 Å². The van der Waals surface area contributed by atoms with E-state index in [0.29, 0.717) is 24.5 Å². The number of carbonyl (C=O) groups is 2. The summed E-state index contributed by atoms with van der Waals surface area (Å²) in [5, 5.41) is 9.56. The van der Waals surface area contributed by atoms with Crippen LogP contribution >= 0.6 is 0 Å². The molecule has 6 heteroatoms. The third-order valence-electron chi connectivity index (χ3n) is 4.55. The summed E-state index contributed by atoms with van der Waals surface area (Å²) in [6, 6.07) is 12.0. The molecule has 0 aromatic heterocycles. The fourth-order valence-electron chi connectivity index (χ4n) is 3.21. The summed E-state index contributed by atoms with van der Waals surface area (Å²) >= 11 is 0. The molecule has 0 radical (unpaired) electrons. The van der Waals surface area contributed by atoms with Crippen LogP contribution in [0.25, 0.3) is 6.08 Å². The number of carbonyl (C=O) groups excluding carboxylic acids is 2. The lowest BCUT2D eigenvalue weighted by Crippen LogP contribution is -2.21. The zero-order valence-electron chi connectivity index (χ0n) is 16.5. The van der Waals surface area contributed by atoms with Crippen LogP contribution in [0.1, 0.15) is 49.0 Å². The first-order chi connectivity index (χ1) is 14.0. The average molecular weight is 396 g/mol. The van der Waals surface area contributed by atoms with Gasteiger partial charge in [0.05, 0.1) is 13.2 Å². The first-order valence-electron chi connectivity index (χ1n) is 9.64. The standard InChI is InChI=1S/C23H24O6/c1-3-13-28-23(26)21-18-14-15(6-12-20(25)27-4-2)5-11-19(18)29-22(21)16-7-9-17(24)10-8-16/h5-12,14,21-22,24H,3-4,13H2,1-2H3/b12-6+/t21-,22+/m0/s1. The molecule has 2 atom stereocenters. The van der Waals surface area contributed by atoms with Crippen LogP contribution < -0.4 is 4.74 Å². The second-order valence-electron chi connectivity index (χ2n) is 6.66. The van der Waals surface area contributed by atoms with Gasteiger partial charge in [-0.25, -0.2) is 4.79 Å². The molecule has 0 saturated heterocycles. The Balaban J connectivity index is 1.93. The quantitative estimate of drug-likeness (QED) is 0.560. The van der Waals surface area contributed by atoms with E-state index in [2.05, 4.69) is 0 Å². The van der Waals surface area contributed by atoms with E-state index in [9.17, 15) is 14.7 Å². The number of esters is 2. The lowest BCUT2D eigenvalue weighted by molar-refractivity contribution is -0.147. The van der Waals surface area contributed by atoms with Crippen LogP contribution in [0, 0.1) is 0 Å². The van der Waals surface area contributed by atoms with Gasteiger partial charge in [-0.3, -0.25) is 4.79 Å². The molecule has 1 aliphatic heterocycles. The summed E-state index contributed by atoms with van der Waals surface area (Å²) in [6.07, 6.45) is 3.15. The van der Waals surface area contributed by atoms with Gasteiger partial charge in [0.15, 0.2) is 0 Å². The fourth-order valence-corrected chi connectivity index (χ4v) is 3.21. The lowest BCUT2D eigenvalue weighted by Gasteiger charge is -2.18. The number of hydrogen-bond acceptors (Lipinski definition) is 6.